The van der Waals surface area contributed by atoms with Gasteiger partial charge in [-0.3, -0.25) is 9.69 Å². The third-order valence-corrected chi connectivity index (χ3v) is 6.25. The van der Waals surface area contributed by atoms with Gasteiger partial charge in [0, 0.05) is 18.5 Å². The molecule has 0 unspecified atom stereocenters. The summed E-state index contributed by atoms with van der Waals surface area (Å²) in [4.78, 5) is 28.3. The standard InChI is InChI=1S/C19H26N4O3/c1-26-14-4-2-3-13(9-14)15-11-23(16(24)10-21-19(20)25)17-12-5-7-22(8-6-12)18(15)17/h2-4,9,12,15,17-18H,5-8,10-11H2,1H3,(H3,20,21,25)/t15-,17+,18+/m0/s1. The molecule has 7 heteroatoms. The molecule has 4 aliphatic heterocycles. The van der Waals surface area contributed by atoms with Gasteiger partial charge in [0.1, 0.15) is 5.75 Å². The van der Waals surface area contributed by atoms with E-state index in [0.717, 1.165) is 31.7 Å². The Morgan fingerprint density at radius 1 is 1.27 bits per heavy atom. The van der Waals surface area contributed by atoms with Crippen LogP contribution in [-0.2, 0) is 4.79 Å². The number of urea groups is 1. The van der Waals surface area contributed by atoms with Gasteiger partial charge in [-0.25, -0.2) is 4.79 Å². The van der Waals surface area contributed by atoms with E-state index in [9.17, 15) is 9.59 Å². The van der Waals surface area contributed by atoms with E-state index in [1.807, 2.05) is 17.0 Å². The molecule has 0 aliphatic carbocycles. The van der Waals surface area contributed by atoms with Crippen LogP contribution in [0.5, 0.6) is 5.75 Å². The number of primary amides is 1. The molecule has 3 amide bonds. The number of nitrogens with zero attached hydrogens (tertiary/aromatic N) is 2. The predicted molar refractivity (Wildman–Crippen MR) is 96.9 cm³/mol. The summed E-state index contributed by atoms with van der Waals surface area (Å²) in [5.74, 6) is 1.60. The third-order valence-electron chi connectivity index (χ3n) is 6.25. The zero-order chi connectivity index (χ0) is 18.3. The number of carbonyl (C=O) groups is 2. The van der Waals surface area contributed by atoms with E-state index in [2.05, 4.69) is 22.3 Å². The minimum atomic E-state index is -0.660. The van der Waals surface area contributed by atoms with Crippen molar-refractivity contribution in [1.82, 2.24) is 15.1 Å². The van der Waals surface area contributed by atoms with E-state index in [4.69, 9.17) is 10.5 Å². The van der Waals surface area contributed by atoms with E-state index in [1.54, 1.807) is 7.11 Å². The van der Waals surface area contributed by atoms with Crippen LogP contribution in [0.2, 0.25) is 0 Å². The number of likely N-dealkylation sites (tertiary alicyclic amines) is 1. The first kappa shape index (κ1) is 17.1. The van der Waals surface area contributed by atoms with Crippen LogP contribution < -0.4 is 15.8 Å². The number of piperidine rings is 3. The van der Waals surface area contributed by atoms with Crippen molar-refractivity contribution in [2.75, 3.05) is 33.3 Å². The maximum Gasteiger partial charge on any atom is 0.312 e. The van der Waals surface area contributed by atoms with Crippen LogP contribution >= 0.6 is 0 Å². The van der Waals surface area contributed by atoms with Gasteiger partial charge in [0.2, 0.25) is 5.91 Å². The highest BCUT2D eigenvalue weighted by Gasteiger charge is 2.54. The maximum absolute atomic E-state index is 12.8. The van der Waals surface area contributed by atoms with Crippen molar-refractivity contribution in [3.05, 3.63) is 29.8 Å². The van der Waals surface area contributed by atoms with E-state index in [1.165, 1.54) is 5.56 Å². The average Bonchev–Trinajstić information content (AvgIpc) is 3.10. The summed E-state index contributed by atoms with van der Waals surface area (Å²) < 4.78 is 5.40. The van der Waals surface area contributed by atoms with E-state index in [-0.39, 0.29) is 24.4 Å². The highest BCUT2D eigenvalue weighted by molar-refractivity contribution is 5.84. The number of nitrogens with one attached hydrogen (secondary N) is 1. The molecular formula is C19H26N4O3. The minimum absolute atomic E-state index is 0.0316. The lowest BCUT2D eigenvalue weighted by atomic mass is 9.75. The van der Waals surface area contributed by atoms with Crippen molar-refractivity contribution < 1.29 is 14.3 Å². The Labute approximate surface area is 153 Å². The lowest BCUT2D eigenvalue weighted by Gasteiger charge is -2.51. The normalized spacial score (nSPS) is 32.2. The van der Waals surface area contributed by atoms with Gasteiger partial charge < -0.3 is 20.7 Å². The van der Waals surface area contributed by atoms with Gasteiger partial charge >= 0.3 is 6.03 Å². The molecule has 0 spiro atoms. The monoisotopic (exact) mass is 358 g/mol. The van der Waals surface area contributed by atoms with Crippen molar-refractivity contribution >= 4 is 11.9 Å². The van der Waals surface area contributed by atoms with E-state index < -0.39 is 6.03 Å². The molecular weight excluding hydrogens is 332 g/mol. The Kier molecular flexibility index (Phi) is 4.48. The molecule has 7 nitrogen and oxygen atoms in total. The second-order valence-electron chi connectivity index (χ2n) is 7.50. The molecule has 140 valence electrons. The Balaban J connectivity index is 1.63. The molecule has 4 aliphatic rings. The number of nitrogens with two attached hydrogens (primary N) is 1. The Morgan fingerprint density at radius 3 is 2.73 bits per heavy atom. The molecule has 4 heterocycles. The topological polar surface area (TPSA) is 87.9 Å². The molecule has 3 N–H and O–H groups in total. The molecule has 26 heavy (non-hydrogen) atoms. The van der Waals surface area contributed by atoms with E-state index in [0.29, 0.717) is 18.5 Å². The van der Waals surface area contributed by atoms with Gasteiger partial charge in [0.15, 0.2) is 0 Å². The van der Waals surface area contributed by atoms with Crippen molar-refractivity contribution in [1.29, 1.82) is 0 Å². The number of fused-ring (bicyclic) bond motifs is 2. The Bertz CT molecular complexity index is 702. The van der Waals surface area contributed by atoms with Crippen molar-refractivity contribution in [3.8, 4) is 5.75 Å². The number of hydrogen-bond donors (Lipinski definition) is 2. The summed E-state index contributed by atoms with van der Waals surface area (Å²) in [6.07, 6.45) is 2.28. The fourth-order valence-corrected chi connectivity index (χ4v) is 5.13. The zero-order valence-corrected chi connectivity index (χ0v) is 15.1. The second kappa shape index (κ2) is 6.79. The SMILES string of the molecule is COc1cccc([C@@H]2CN(C(=O)CNC(N)=O)[C@@H]3C4CCN(CC4)[C@@H]32)c1. The van der Waals surface area contributed by atoms with Gasteiger partial charge in [-0.1, -0.05) is 12.1 Å². The summed E-state index contributed by atoms with van der Waals surface area (Å²) in [7, 11) is 1.67. The first-order valence-electron chi connectivity index (χ1n) is 9.29. The lowest BCUT2D eigenvalue weighted by Crippen LogP contribution is -2.61. The van der Waals surface area contributed by atoms with Gasteiger partial charge in [-0.15, -0.1) is 0 Å². The van der Waals surface area contributed by atoms with Crippen LogP contribution in [-0.4, -0.2) is 67.1 Å². The summed E-state index contributed by atoms with van der Waals surface area (Å²) in [6.45, 7) is 2.85. The van der Waals surface area contributed by atoms with Gasteiger partial charge in [-0.2, -0.15) is 0 Å². The fourth-order valence-electron chi connectivity index (χ4n) is 5.13. The van der Waals surface area contributed by atoms with Gasteiger partial charge in [0.05, 0.1) is 19.7 Å². The minimum Gasteiger partial charge on any atom is -0.497 e. The third kappa shape index (κ3) is 2.90. The van der Waals surface area contributed by atoms with Crippen LogP contribution in [0.25, 0.3) is 0 Å². The first-order chi connectivity index (χ1) is 12.6. The van der Waals surface area contributed by atoms with Gasteiger partial charge in [-0.05, 0) is 49.5 Å². The number of carbonyl (C=O) groups excluding carboxylic acids is 2. The molecule has 0 aromatic heterocycles. The number of rotatable bonds is 4. The lowest BCUT2D eigenvalue weighted by molar-refractivity contribution is -0.134. The van der Waals surface area contributed by atoms with Crippen molar-refractivity contribution in [3.63, 3.8) is 0 Å². The van der Waals surface area contributed by atoms with Crippen LogP contribution in [0.1, 0.15) is 24.3 Å². The summed E-state index contributed by atoms with van der Waals surface area (Å²) in [5, 5.41) is 2.45. The molecule has 2 bridgehead atoms. The smallest absolute Gasteiger partial charge is 0.312 e. The number of benzene rings is 1. The highest BCUT2D eigenvalue weighted by Crippen LogP contribution is 2.46. The average molecular weight is 358 g/mol. The maximum atomic E-state index is 12.8. The quantitative estimate of drug-likeness (QED) is 0.831. The van der Waals surface area contributed by atoms with Crippen molar-refractivity contribution in [2.45, 2.75) is 30.8 Å². The summed E-state index contributed by atoms with van der Waals surface area (Å²) in [6, 6.07) is 8.07. The Morgan fingerprint density at radius 2 is 2.04 bits per heavy atom. The van der Waals surface area contributed by atoms with Gasteiger partial charge in [0.25, 0.3) is 0 Å². The molecule has 1 aromatic carbocycles. The number of amides is 3. The number of ether oxygens (including phenoxy) is 1. The number of methoxy groups -OCH3 is 1. The molecule has 3 atom stereocenters. The first-order valence-corrected chi connectivity index (χ1v) is 9.29. The second-order valence-corrected chi connectivity index (χ2v) is 7.50. The largest absolute Gasteiger partial charge is 0.497 e. The molecule has 4 saturated heterocycles. The molecule has 4 fully saturated rings. The van der Waals surface area contributed by atoms with Crippen molar-refractivity contribution in [2.24, 2.45) is 11.7 Å². The molecule has 0 radical (unpaired) electrons. The predicted octanol–water partition coefficient (Wildman–Crippen LogP) is 0.752. The summed E-state index contributed by atoms with van der Waals surface area (Å²) in [5.41, 5.74) is 6.35. The van der Waals surface area contributed by atoms with Crippen LogP contribution in [0, 0.1) is 5.92 Å². The highest BCUT2D eigenvalue weighted by atomic mass is 16.5. The number of hydrogen-bond acceptors (Lipinski definition) is 4. The fraction of sp³-hybridized carbons (Fsp3) is 0.579. The summed E-state index contributed by atoms with van der Waals surface area (Å²) >= 11 is 0. The van der Waals surface area contributed by atoms with E-state index >= 15 is 0 Å². The molecule has 5 rings (SSSR count). The Hall–Kier alpha value is -2.28. The van der Waals surface area contributed by atoms with Crippen LogP contribution in [0.15, 0.2) is 24.3 Å². The van der Waals surface area contributed by atoms with Crippen LogP contribution in [0.4, 0.5) is 4.79 Å². The molecule has 0 saturated carbocycles. The van der Waals surface area contributed by atoms with Crippen LogP contribution in [0.3, 0.4) is 0 Å². The molecule has 1 aromatic rings. The zero-order valence-electron chi connectivity index (χ0n) is 15.1.